The summed E-state index contributed by atoms with van der Waals surface area (Å²) in [5.74, 6) is -0.0179. The summed E-state index contributed by atoms with van der Waals surface area (Å²) in [7, 11) is 1.73. The lowest BCUT2D eigenvalue weighted by molar-refractivity contribution is 0.609. The molecule has 2 nitrogen and oxygen atoms in total. The maximum absolute atomic E-state index is 10.7. The number of benzene rings is 1. The van der Waals surface area contributed by atoms with Crippen LogP contribution in [0.1, 0.15) is 23.1 Å². The van der Waals surface area contributed by atoms with Crippen molar-refractivity contribution in [2.75, 3.05) is 5.75 Å². The summed E-state index contributed by atoms with van der Waals surface area (Å²) >= 11 is 0. The van der Waals surface area contributed by atoms with Crippen LogP contribution in [-0.4, -0.2) is 14.2 Å². The maximum Gasteiger partial charge on any atom is 0.232 e. The highest BCUT2D eigenvalue weighted by molar-refractivity contribution is 8.13. The summed E-state index contributed by atoms with van der Waals surface area (Å²) in [6, 6.07) is 6.15. The Morgan fingerprint density at radius 3 is 2.56 bits per heavy atom. The van der Waals surface area contributed by atoms with Gasteiger partial charge in [-0.15, -0.1) is 0 Å². The van der Waals surface area contributed by atoms with E-state index in [9.17, 15) is 8.42 Å². The number of hydrogen-bond donors (Lipinski definition) is 0. The van der Waals surface area contributed by atoms with Gasteiger partial charge in [-0.1, -0.05) is 35.9 Å². The van der Waals surface area contributed by atoms with E-state index >= 15 is 0 Å². The molecule has 0 aliphatic carbocycles. The Labute approximate surface area is 101 Å². The van der Waals surface area contributed by atoms with Crippen molar-refractivity contribution in [1.29, 1.82) is 0 Å². The van der Waals surface area contributed by atoms with E-state index in [1.165, 1.54) is 11.1 Å². The number of halogens is 1. The van der Waals surface area contributed by atoms with Gasteiger partial charge in [-0.05, 0) is 31.4 Å². The van der Waals surface area contributed by atoms with Gasteiger partial charge in [0.2, 0.25) is 9.05 Å². The van der Waals surface area contributed by atoms with Crippen LogP contribution in [0, 0.1) is 13.8 Å². The Hall–Kier alpha value is -0.800. The summed E-state index contributed by atoms with van der Waals surface area (Å²) < 4.78 is 21.4. The Morgan fingerprint density at radius 1 is 1.31 bits per heavy atom. The van der Waals surface area contributed by atoms with Gasteiger partial charge in [-0.25, -0.2) is 8.42 Å². The predicted octanol–water partition coefficient (Wildman–Crippen LogP) is 3.28. The van der Waals surface area contributed by atoms with E-state index < -0.39 is 9.05 Å². The van der Waals surface area contributed by atoms with Gasteiger partial charge in [0, 0.05) is 10.7 Å². The molecule has 0 saturated heterocycles. The molecule has 0 atom stereocenters. The number of hydrogen-bond acceptors (Lipinski definition) is 2. The summed E-state index contributed by atoms with van der Waals surface area (Å²) in [6.07, 6.45) is 4.20. The molecule has 1 aromatic carbocycles. The average molecular weight is 259 g/mol. The van der Waals surface area contributed by atoms with Crippen LogP contribution in [0.25, 0.3) is 6.08 Å². The van der Waals surface area contributed by atoms with E-state index in [0.29, 0.717) is 6.42 Å². The molecule has 0 N–H and O–H groups in total. The van der Waals surface area contributed by atoms with Gasteiger partial charge in [-0.3, -0.25) is 0 Å². The van der Waals surface area contributed by atoms with Gasteiger partial charge in [0.05, 0.1) is 5.75 Å². The summed E-state index contributed by atoms with van der Waals surface area (Å²) in [4.78, 5) is 0. The largest absolute Gasteiger partial charge is 0.232 e. The van der Waals surface area contributed by atoms with Gasteiger partial charge < -0.3 is 0 Å². The van der Waals surface area contributed by atoms with Crippen molar-refractivity contribution in [1.82, 2.24) is 0 Å². The fourth-order valence-corrected chi connectivity index (χ4v) is 2.12. The van der Waals surface area contributed by atoms with Crippen molar-refractivity contribution < 1.29 is 8.42 Å². The average Bonchev–Trinajstić information content (AvgIpc) is 2.13. The summed E-state index contributed by atoms with van der Waals surface area (Å²) in [5.41, 5.74) is 3.51. The highest BCUT2D eigenvalue weighted by atomic mass is 35.7. The molecule has 16 heavy (non-hydrogen) atoms. The first-order chi connectivity index (χ1) is 7.38. The molecule has 0 heterocycles. The zero-order valence-corrected chi connectivity index (χ0v) is 11.0. The van der Waals surface area contributed by atoms with Crippen molar-refractivity contribution in [3.8, 4) is 0 Å². The van der Waals surface area contributed by atoms with Crippen LogP contribution in [0.15, 0.2) is 24.3 Å². The SMILES string of the molecule is Cc1ccc(/C=C/CCS(=O)(=O)Cl)c(C)c1. The van der Waals surface area contributed by atoms with Crippen LogP contribution in [0.2, 0.25) is 0 Å². The topological polar surface area (TPSA) is 34.1 Å². The van der Waals surface area contributed by atoms with Crippen LogP contribution in [0.3, 0.4) is 0 Å². The van der Waals surface area contributed by atoms with Gasteiger partial charge in [0.1, 0.15) is 0 Å². The van der Waals surface area contributed by atoms with E-state index in [1.54, 1.807) is 0 Å². The summed E-state index contributed by atoms with van der Waals surface area (Å²) in [5, 5.41) is 0. The summed E-state index contributed by atoms with van der Waals surface area (Å²) in [6.45, 7) is 4.07. The minimum Gasteiger partial charge on any atom is -0.212 e. The molecule has 88 valence electrons. The van der Waals surface area contributed by atoms with Crippen LogP contribution in [0.4, 0.5) is 0 Å². The van der Waals surface area contributed by atoms with Crippen LogP contribution in [-0.2, 0) is 9.05 Å². The molecule has 0 amide bonds. The van der Waals surface area contributed by atoms with Gasteiger partial charge in [0.25, 0.3) is 0 Å². The maximum atomic E-state index is 10.7. The molecule has 0 unspecified atom stereocenters. The smallest absolute Gasteiger partial charge is 0.212 e. The molecule has 0 aliphatic rings. The molecule has 0 bridgehead atoms. The molecular formula is C12H15ClO2S. The molecule has 4 heteroatoms. The molecule has 0 radical (unpaired) electrons. The lowest BCUT2D eigenvalue weighted by Gasteiger charge is -2.01. The molecule has 1 aromatic rings. The van der Waals surface area contributed by atoms with Crippen molar-refractivity contribution in [2.45, 2.75) is 20.3 Å². The predicted molar refractivity (Wildman–Crippen MR) is 69.2 cm³/mol. The lowest BCUT2D eigenvalue weighted by Crippen LogP contribution is -1.94. The molecule has 0 saturated carbocycles. The third kappa shape index (κ3) is 4.81. The van der Waals surface area contributed by atoms with Crippen molar-refractivity contribution in [2.24, 2.45) is 0 Å². The van der Waals surface area contributed by atoms with Gasteiger partial charge in [-0.2, -0.15) is 0 Å². The Balaban J connectivity index is 2.63. The van der Waals surface area contributed by atoms with E-state index in [2.05, 4.69) is 6.07 Å². The number of aryl methyl sites for hydroxylation is 2. The lowest BCUT2D eigenvalue weighted by atomic mass is 10.1. The first-order valence-corrected chi connectivity index (χ1v) is 7.52. The first-order valence-electron chi connectivity index (χ1n) is 5.04. The minimum atomic E-state index is -3.37. The molecule has 0 aliphatic heterocycles. The highest BCUT2D eigenvalue weighted by Gasteiger charge is 2.01. The molecule has 1 rings (SSSR count). The van der Waals surface area contributed by atoms with Crippen molar-refractivity contribution in [3.63, 3.8) is 0 Å². The number of rotatable bonds is 4. The quantitative estimate of drug-likeness (QED) is 0.777. The van der Waals surface area contributed by atoms with Crippen molar-refractivity contribution >= 4 is 25.8 Å². The van der Waals surface area contributed by atoms with E-state index in [0.717, 1.165) is 5.56 Å². The Kier molecular flexibility index (Phi) is 4.56. The second-order valence-corrected chi connectivity index (χ2v) is 6.69. The fraction of sp³-hybridized carbons (Fsp3) is 0.333. The zero-order valence-electron chi connectivity index (χ0n) is 9.40. The normalized spacial score (nSPS) is 12.2. The van der Waals surface area contributed by atoms with E-state index in [-0.39, 0.29) is 5.75 Å². The van der Waals surface area contributed by atoms with E-state index in [4.69, 9.17) is 10.7 Å². The molecular weight excluding hydrogens is 244 g/mol. The van der Waals surface area contributed by atoms with Crippen LogP contribution < -0.4 is 0 Å². The molecule has 0 spiro atoms. The standard InChI is InChI=1S/C12H15ClO2S/c1-10-6-7-12(11(2)9-10)5-3-4-8-16(13,14)15/h3,5-7,9H,4,8H2,1-2H3/b5-3+. The number of allylic oxidation sites excluding steroid dienone is 1. The van der Waals surface area contributed by atoms with E-state index in [1.807, 2.05) is 38.1 Å². The monoisotopic (exact) mass is 258 g/mol. The second-order valence-electron chi connectivity index (χ2n) is 3.79. The van der Waals surface area contributed by atoms with Crippen molar-refractivity contribution in [3.05, 3.63) is 41.0 Å². The molecule has 0 aromatic heterocycles. The fourth-order valence-electron chi connectivity index (χ4n) is 1.43. The Bertz CT molecular complexity index is 490. The Morgan fingerprint density at radius 2 is 2.00 bits per heavy atom. The highest BCUT2D eigenvalue weighted by Crippen LogP contribution is 2.12. The van der Waals surface area contributed by atoms with Crippen LogP contribution >= 0.6 is 10.7 Å². The van der Waals surface area contributed by atoms with Gasteiger partial charge >= 0.3 is 0 Å². The third-order valence-corrected chi connectivity index (χ3v) is 3.44. The third-order valence-electron chi connectivity index (χ3n) is 2.25. The van der Waals surface area contributed by atoms with Crippen LogP contribution in [0.5, 0.6) is 0 Å². The molecule has 0 fully saturated rings. The zero-order chi connectivity index (χ0) is 12.2. The second kappa shape index (κ2) is 5.51. The minimum absolute atomic E-state index is 0.0179. The first kappa shape index (κ1) is 13.3. The van der Waals surface area contributed by atoms with Gasteiger partial charge in [0.15, 0.2) is 0 Å².